The minimum Gasteiger partial charge on any atom is -0.462 e. The van der Waals surface area contributed by atoms with Crippen molar-refractivity contribution in [1.29, 1.82) is 0 Å². The highest BCUT2D eigenvalue weighted by Gasteiger charge is 2.32. The first-order valence-electron chi connectivity index (χ1n) is 7.95. The van der Waals surface area contributed by atoms with Crippen molar-refractivity contribution >= 4 is 11.9 Å². The van der Waals surface area contributed by atoms with Crippen molar-refractivity contribution in [3.05, 3.63) is 0 Å². The molecule has 0 saturated heterocycles. The highest BCUT2D eigenvalue weighted by atomic mass is 16.5. The lowest BCUT2D eigenvalue weighted by Gasteiger charge is -2.33. The Balaban J connectivity index is 1.79. The molecule has 0 heterocycles. The molecule has 2 atom stereocenters. The maximum absolute atomic E-state index is 12.2. The molecule has 1 amide bonds. The first-order valence-corrected chi connectivity index (χ1v) is 7.95. The summed E-state index contributed by atoms with van der Waals surface area (Å²) in [6, 6.07) is 0. The number of primary amides is 1. The molecule has 2 rings (SSSR count). The number of carbonyl (C=O) groups excluding carboxylic acids is 2. The van der Waals surface area contributed by atoms with Crippen LogP contribution in [0.2, 0.25) is 0 Å². The van der Waals surface area contributed by atoms with Gasteiger partial charge in [0.25, 0.3) is 0 Å². The average molecular weight is 281 g/mol. The molecule has 0 radical (unpaired) electrons. The Morgan fingerprint density at radius 3 is 1.90 bits per heavy atom. The van der Waals surface area contributed by atoms with E-state index in [1.807, 2.05) is 0 Å². The minimum atomic E-state index is -0.230. The van der Waals surface area contributed by atoms with Crippen LogP contribution < -0.4 is 5.73 Å². The summed E-state index contributed by atoms with van der Waals surface area (Å²) in [7, 11) is 0. The monoisotopic (exact) mass is 281 g/mol. The third-order valence-electron chi connectivity index (χ3n) is 4.88. The van der Waals surface area contributed by atoms with Gasteiger partial charge in [-0.1, -0.05) is 13.8 Å². The van der Waals surface area contributed by atoms with E-state index in [0.717, 1.165) is 38.5 Å². The summed E-state index contributed by atoms with van der Waals surface area (Å²) in [6.07, 6.45) is 6.25. The number of esters is 1. The second kappa shape index (κ2) is 6.59. The maximum Gasteiger partial charge on any atom is 0.309 e. The van der Waals surface area contributed by atoms with Crippen molar-refractivity contribution in [3.63, 3.8) is 0 Å². The standard InChI is InChI=1S/C16H27NO3/c1-10-7-11(2)9-14(8-10)20-16(19)13-5-3-12(4-6-13)15(17)18/h10-14H,3-9H2,1-2H3,(H2,17,18). The third-order valence-corrected chi connectivity index (χ3v) is 4.88. The lowest BCUT2D eigenvalue weighted by Crippen LogP contribution is -2.34. The second-order valence-corrected chi connectivity index (χ2v) is 6.93. The summed E-state index contributed by atoms with van der Waals surface area (Å²) >= 11 is 0. The molecule has 20 heavy (non-hydrogen) atoms. The summed E-state index contributed by atoms with van der Waals surface area (Å²) in [4.78, 5) is 23.3. The Kier molecular flexibility index (Phi) is 5.06. The topological polar surface area (TPSA) is 69.4 Å². The quantitative estimate of drug-likeness (QED) is 0.808. The fourth-order valence-electron chi connectivity index (χ4n) is 3.84. The lowest BCUT2D eigenvalue weighted by molar-refractivity contribution is -0.159. The predicted octanol–water partition coefficient (Wildman–Crippen LogP) is 2.65. The number of nitrogens with two attached hydrogens (primary N) is 1. The molecule has 0 spiro atoms. The molecule has 2 N–H and O–H groups in total. The van der Waals surface area contributed by atoms with Gasteiger partial charge in [-0.3, -0.25) is 9.59 Å². The summed E-state index contributed by atoms with van der Waals surface area (Å²) in [5.41, 5.74) is 5.31. The van der Waals surface area contributed by atoms with Crippen LogP contribution in [-0.2, 0) is 14.3 Å². The van der Waals surface area contributed by atoms with E-state index >= 15 is 0 Å². The van der Waals surface area contributed by atoms with Gasteiger partial charge in [-0.15, -0.1) is 0 Å². The van der Waals surface area contributed by atoms with E-state index in [0.29, 0.717) is 11.8 Å². The molecule has 0 aliphatic heterocycles. The fraction of sp³-hybridized carbons (Fsp3) is 0.875. The third kappa shape index (κ3) is 3.97. The van der Waals surface area contributed by atoms with E-state index in [1.54, 1.807) is 0 Å². The zero-order valence-electron chi connectivity index (χ0n) is 12.6. The molecule has 0 bridgehead atoms. The van der Waals surface area contributed by atoms with Crippen molar-refractivity contribution in [1.82, 2.24) is 0 Å². The van der Waals surface area contributed by atoms with E-state index in [4.69, 9.17) is 10.5 Å². The molecule has 2 fully saturated rings. The zero-order chi connectivity index (χ0) is 14.7. The SMILES string of the molecule is CC1CC(C)CC(OC(=O)C2CCC(C(N)=O)CC2)C1. The largest absolute Gasteiger partial charge is 0.462 e. The molecule has 0 aromatic carbocycles. The molecule has 0 aromatic rings. The lowest BCUT2D eigenvalue weighted by atomic mass is 9.80. The zero-order valence-corrected chi connectivity index (χ0v) is 12.6. The second-order valence-electron chi connectivity index (χ2n) is 6.93. The summed E-state index contributed by atoms with van der Waals surface area (Å²) in [6.45, 7) is 4.46. The van der Waals surface area contributed by atoms with E-state index in [-0.39, 0.29) is 29.8 Å². The van der Waals surface area contributed by atoms with Gasteiger partial charge in [-0.25, -0.2) is 0 Å². The van der Waals surface area contributed by atoms with Crippen molar-refractivity contribution < 1.29 is 14.3 Å². The Morgan fingerprint density at radius 2 is 1.40 bits per heavy atom. The maximum atomic E-state index is 12.2. The van der Waals surface area contributed by atoms with Crippen LogP contribution in [0.3, 0.4) is 0 Å². The number of hydrogen-bond donors (Lipinski definition) is 1. The van der Waals surface area contributed by atoms with Gasteiger partial charge in [0.1, 0.15) is 6.10 Å². The summed E-state index contributed by atoms with van der Waals surface area (Å²) in [5, 5.41) is 0. The van der Waals surface area contributed by atoms with E-state index < -0.39 is 0 Å². The van der Waals surface area contributed by atoms with E-state index in [9.17, 15) is 9.59 Å². The highest BCUT2D eigenvalue weighted by molar-refractivity contribution is 5.77. The summed E-state index contributed by atoms with van der Waals surface area (Å²) < 4.78 is 5.71. The van der Waals surface area contributed by atoms with Crippen LogP contribution >= 0.6 is 0 Å². The van der Waals surface area contributed by atoms with Gasteiger partial charge < -0.3 is 10.5 Å². The first kappa shape index (κ1) is 15.3. The van der Waals surface area contributed by atoms with Gasteiger partial charge in [0, 0.05) is 5.92 Å². The van der Waals surface area contributed by atoms with E-state index in [1.165, 1.54) is 6.42 Å². The predicted molar refractivity (Wildman–Crippen MR) is 76.7 cm³/mol. The van der Waals surface area contributed by atoms with Gasteiger partial charge in [-0.05, 0) is 56.8 Å². The van der Waals surface area contributed by atoms with Gasteiger partial charge in [0.05, 0.1) is 5.92 Å². The smallest absolute Gasteiger partial charge is 0.309 e. The van der Waals surface area contributed by atoms with Crippen LogP contribution in [-0.4, -0.2) is 18.0 Å². The van der Waals surface area contributed by atoms with Crippen LogP contribution in [0.15, 0.2) is 0 Å². The van der Waals surface area contributed by atoms with Crippen LogP contribution in [0.5, 0.6) is 0 Å². The Bertz CT molecular complexity index is 351. The van der Waals surface area contributed by atoms with Crippen LogP contribution in [0.1, 0.15) is 58.8 Å². The molecule has 2 unspecified atom stereocenters. The van der Waals surface area contributed by atoms with Gasteiger partial charge in [0.2, 0.25) is 5.91 Å². The number of carbonyl (C=O) groups is 2. The van der Waals surface area contributed by atoms with Crippen molar-refractivity contribution in [2.45, 2.75) is 64.9 Å². The Morgan fingerprint density at radius 1 is 0.900 bits per heavy atom. The normalized spacial score (nSPS) is 38.2. The number of ether oxygens (including phenoxy) is 1. The van der Waals surface area contributed by atoms with E-state index in [2.05, 4.69) is 13.8 Å². The van der Waals surface area contributed by atoms with Crippen molar-refractivity contribution in [2.24, 2.45) is 29.4 Å². The highest BCUT2D eigenvalue weighted by Crippen LogP contribution is 2.33. The Labute approximate surface area is 121 Å². The van der Waals surface area contributed by atoms with Crippen LogP contribution in [0.4, 0.5) is 0 Å². The van der Waals surface area contributed by atoms with Crippen LogP contribution in [0, 0.1) is 23.7 Å². The van der Waals surface area contributed by atoms with Crippen LogP contribution in [0.25, 0.3) is 0 Å². The molecule has 2 saturated carbocycles. The fourth-order valence-corrected chi connectivity index (χ4v) is 3.84. The molecule has 2 aliphatic carbocycles. The minimum absolute atomic E-state index is 0.0295. The summed E-state index contributed by atoms with van der Waals surface area (Å²) in [5.74, 6) is 0.919. The number of hydrogen-bond acceptors (Lipinski definition) is 3. The van der Waals surface area contributed by atoms with Crippen molar-refractivity contribution in [2.75, 3.05) is 0 Å². The molecule has 0 aromatic heterocycles. The van der Waals surface area contributed by atoms with Crippen molar-refractivity contribution in [3.8, 4) is 0 Å². The van der Waals surface area contributed by atoms with Gasteiger partial charge >= 0.3 is 5.97 Å². The first-order chi connectivity index (χ1) is 9.45. The number of amides is 1. The molecule has 4 heteroatoms. The van der Waals surface area contributed by atoms with Gasteiger partial charge in [-0.2, -0.15) is 0 Å². The van der Waals surface area contributed by atoms with Gasteiger partial charge in [0.15, 0.2) is 0 Å². The molecule has 114 valence electrons. The molecule has 2 aliphatic rings. The Hall–Kier alpha value is -1.06. The molecule has 4 nitrogen and oxygen atoms in total. The average Bonchev–Trinajstić information content (AvgIpc) is 2.37. The molecular weight excluding hydrogens is 254 g/mol. The number of rotatable bonds is 3. The molecular formula is C16H27NO3.